The first kappa shape index (κ1) is 20.3. The summed E-state index contributed by atoms with van der Waals surface area (Å²) in [4.78, 5) is 34.4. The fraction of sp³-hybridized carbons (Fsp3) is 0.471. The fourth-order valence-corrected chi connectivity index (χ4v) is 1.81. The van der Waals surface area contributed by atoms with Gasteiger partial charge in [0.25, 0.3) is 0 Å². The van der Waals surface area contributed by atoms with Gasteiger partial charge in [-0.15, -0.1) is 0 Å². The van der Waals surface area contributed by atoms with Crippen LogP contribution in [0.2, 0.25) is 0 Å². The molecule has 0 aliphatic rings. The fourth-order valence-electron chi connectivity index (χ4n) is 1.81. The Hall–Kier alpha value is -2.77. The zero-order chi connectivity index (χ0) is 18.9. The maximum atomic E-state index is 11.9. The number of carboxylic acids is 1. The van der Waals surface area contributed by atoms with Gasteiger partial charge in [-0.05, 0) is 32.8 Å². The normalized spacial score (nSPS) is 12.0. The van der Waals surface area contributed by atoms with Crippen LogP contribution in [0.15, 0.2) is 30.3 Å². The van der Waals surface area contributed by atoms with Crippen LogP contribution in [0.3, 0.4) is 0 Å². The Kier molecular flexibility index (Phi) is 7.71. The minimum Gasteiger partial charge on any atom is -0.481 e. The number of rotatable bonds is 7. The van der Waals surface area contributed by atoms with Gasteiger partial charge in [0.15, 0.2) is 0 Å². The molecule has 138 valence electrons. The van der Waals surface area contributed by atoms with Gasteiger partial charge in [-0.3, -0.25) is 4.79 Å². The molecule has 8 nitrogen and oxygen atoms in total. The number of carbonyl (C=O) groups excluding carboxylic acids is 2. The Labute approximate surface area is 146 Å². The van der Waals surface area contributed by atoms with Crippen molar-refractivity contribution in [2.24, 2.45) is 0 Å². The smallest absolute Gasteiger partial charge is 0.409 e. The number of aliphatic carboxylic acids is 1. The van der Waals surface area contributed by atoms with Crippen molar-refractivity contribution in [2.75, 3.05) is 0 Å². The molecule has 0 aliphatic heterocycles. The molecule has 0 bridgehead atoms. The zero-order valence-corrected chi connectivity index (χ0v) is 14.6. The van der Waals surface area contributed by atoms with E-state index in [-0.39, 0.29) is 19.4 Å². The summed E-state index contributed by atoms with van der Waals surface area (Å²) in [6, 6.07) is 9.07. The van der Waals surface area contributed by atoms with E-state index in [0.717, 1.165) is 5.56 Å². The Morgan fingerprint density at radius 2 is 1.68 bits per heavy atom. The van der Waals surface area contributed by atoms with Crippen molar-refractivity contribution in [3.8, 4) is 0 Å². The molecule has 1 unspecified atom stereocenters. The molecular weight excluding hydrogens is 328 g/mol. The minimum atomic E-state index is -1.05. The number of alkyl carbamates (subject to hydrolysis) is 2. The van der Waals surface area contributed by atoms with Crippen molar-refractivity contribution in [1.82, 2.24) is 10.6 Å². The monoisotopic (exact) mass is 352 g/mol. The topological polar surface area (TPSA) is 114 Å². The van der Waals surface area contributed by atoms with E-state index in [0.29, 0.717) is 0 Å². The van der Waals surface area contributed by atoms with Crippen LogP contribution in [0, 0.1) is 0 Å². The average Bonchev–Trinajstić information content (AvgIpc) is 2.49. The molecule has 1 rings (SSSR count). The lowest BCUT2D eigenvalue weighted by Gasteiger charge is -2.24. The summed E-state index contributed by atoms with van der Waals surface area (Å²) in [6.45, 7) is 5.14. The Morgan fingerprint density at radius 3 is 2.24 bits per heavy atom. The number of nitrogens with one attached hydrogen (secondary N) is 2. The highest BCUT2D eigenvalue weighted by atomic mass is 16.6. The predicted octanol–water partition coefficient (Wildman–Crippen LogP) is 2.63. The number of carbonyl (C=O) groups is 3. The minimum absolute atomic E-state index is 0.00495. The van der Waals surface area contributed by atoms with E-state index in [9.17, 15) is 14.4 Å². The molecule has 0 saturated heterocycles. The summed E-state index contributed by atoms with van der Waals surface area (Å²) in [5.74, 6) is -1.05. The Balaban J connectivity index is 2.54. The van der Waals surface area contributed by atoms with E-state index >= 15 is 0 Å². The summed E-state index contributed by atoms with van der Waals surface area (Å²) in [5, 5.41) is 13.6. The third-order valence-corrected chi connectivity index (χ3v) is 2.84. The molecule has 8 heteroatoms. The molecule has 0 spiro atoms. The Bertz CT molecular complexity index is 583. The van der Waals surface area contributed by atoms with Crippen molar-refractivity contribution in [3.63, 3.8) is 0 Å². The third-order valence-electron chi connectivity index (χ3n) is 2.84. The Morgan fingerprint density at radius 1 is 1.08 bits per heavy atom. The van der Waals surface area contributed by atoms with Gasteiger partial charge in [-0.25, -0.2) is 9.59 Å². The maximum Gasteiger partial charge on any atom is 0.409 e. The van der Waals surface area contributed by atoms with E-state index in [1.54, 1.807) is 32.9 Å². The van der Waals surface area contributed by atoms with Crippen LogP contribution >= 0.6 is 0 Å². The standard InChI is InChI=1S/C17H24N2O6/c1-17(2,3)25-16(23)19-13(9-10-14(20)21)18-15(22)24-11-12-7-5-4-6-8-12/h4-8,13H,9-11H2,1-3H3,(H,18,22)(H,19,23)(H,20,21). The lowest BCUT2D eigenvalue weighted by molar-refractivity contribution is -0.137. The molecule has 1 atom stereocenters. The molecule has 0 fully saturated rings. The average molecular weight is 352 g/mol. The highest BCUT2D eigenvalue weighted by Gasteiger charge is 2.21. The number of hydrogen-bond acceptors (Lipinski definition) is 5. The summed E-state index contributed by atoms with van der Waals surface area (Å²) >= 11 is 0. The third kappa shape index (κ3) is 9.85. The van der Waals surface area contributed by atoms with Gasteiger partial charge in [-0.1, -0.05) is 30.3 Å². The van der Waals surface area contributed by atoms with E-state index < -0.39 is 29.9 Å². The van der Waals surface area contributed by atoms with Gasteiger partial charge in [0.2, 0.25) is 0 Å². The molecule has 0 aliphatic carbocycles. The quantitative estimate of drug-likeness (QED) is 0.650. The van der Waals surface area contributed by atoms with Gasteiger partial charge >= 0.3 is 18.2 Å². The van der Waals surface area contributed by atoms with Crippen molar-refractivity contribution in [1.29, 1.82) is 0 Å². The lowest BCUT2D eigenvalue weighted by Crippen LogP contribution is -2.49. The second-order valence-corrected chi connectivity index (χ2v) is 6.34. The van der Waals surface area contributed by atoms with E-state index in [4.69, 9.17) is 14.6 Å². The zero-order valence-electron chi connectivity index (χ0n) is 14.6. The van der Waals surface area contributed by atoms with Crippen LogP contribution in [0.1, 0.15) is 39.2 Å². The van der Waals surface area contributed by atoms with Crippen molar-refractivity contribution < 1.29 is 29.0 Å². The lowest BCUT2D eigenvalue weighted by atomic mass is 10.2. The van der Waals surface area contributed by atoms with E-state index in [1.807, 2.05) is 18.2 Å². The largest absolute Gasteiger partial charge is 0.481 e. The number of amides is 2. The second-order valence-electron chi connectivity index (χ2n) is 6.34. The van der Waals surface area contributed by atoms with Crippen LogP contribution in [-0.2, 0) is 20.9 Å². The number of ether oxygens (including phenoxy) is 2. The van der Waals surface area contributed by atoms with Gasteiger partial charge in [0.05, 0.1) is 0 Å². The first-order valence-corrected chi connectivity index (χ1v) is 7.84. The second kappa shape index (κ2) is 9.51. The molecule has 0 aromatic heterocycles. The van der Waals surface area contributed by atoms with Crippen LogP contribution in [0.4, 0.5) is 9.59 Å². The SMILES string of the molecule is CC(C)(C)OC(=O)NC(CCC(=O)O)NC(=O)OCc1ccccc1. The molecule has 2 amide bonds. The van der Waals surface area contributed by atoms with Crippen molar-refractivity contribution >= 4 is 18.2 Å². The molecule has 0 heterocycles. The van der Waals surface area contributed by atoms with Gasteiger partial charge < -0.3 is 25.2 Å². The molecule has 0 radical (unpaired) electrons. The number of hydrogen-bond donors (Lipinski definition) is 3. The molecule has 3 N–H and O–H groups in total. The van der Waals surface area contributed by atoms with Gasteiger partial charge in [0, 0.05) is 6.42 Å². The summed E-state index contributed by atoms with van der Waals surface area (Å²) < 4.78 is 10.2. The van der Waals surface area contributed by atoms with E-state index in [1.165, 1.54) is 0 Å². The first-order valence-electron chi connectivity index (χ1n) is 7.84. The van der Waals surface area contributed by atoms with Crippen molar-refractivity contribution in [2.45, 2.75) is 52.0 Å². The molecule has 1 aromatic rings. The number of benzene rings is 1. The van der Waals surface area contributed by atoms with Crippen LogP contribution in [0.25, 0.3) is 0 Å². The summed E-state index contributed by atoms with van der Waals surface area (Å²) in [7, 11) is 0. The molecular formula is C17H24N2O6. The maximum absolute atomic E-state index is 11.9. The van der Waals surface area contributed by atoms with Crippen LogP contribution in [-0.4, -0.2) is 35.0 Å². The van der Waals surface area contributed by atoms with Crippen LogP contribution < -0.4 is 10.6 Å². The molecule has 25 heavy (non-hydrogen) atoms. The van der Waals surface area contributed by atoms with Gasteiger partial charge in [0.1, 0.15) is 18.4 Å². The predicted molar refractivity (Wildman–Crippen MR) is 89.8 cm³/mol. The summed E-state index contributed by atoms with van der Waals surface area (Å²) in [5.41, 5.74) is 0.0924. The highest BCUT2D eigenvalue weighted by Crippen LogP contribution is 2.07. The van der Waals surface area contributed by atoms with Crippen LogP contribution in [0.5, 0.6) is 0 Å². The number of carboxylic acid groups (broad SMARTS) is 1. The van der Waals surface area contributed by atoms with Crippen molar-refractivity contribution in [3.05, 3.63) is 35.9 Å². The highest BCUT2D eigenvalue weighted by molar-refractivity contribution is 5.72. The molecule has 1 aromatic carbocycles. The van der Waals surface area contributed by atoms with Gasteiger partial charge in [-0.2, -0.15) is 0 Å². The summed E-state index contributed by atoms with van der Waals surface area (Å²) in [6.07, 6.45) is -2.69. The first-order chi connectivity index (χ1) is 11.7. The molecule has 0 saturated carbocycles. The van der Waals surface area contributed by atoms with E-state index in [2.05, 4.69) is 10.6 Å².